The number of anilines is 1. The fourth-order valence-electron chi connectivity index (χ4n) is 2.85. The third-order valence-corrected chi connectivity index (χ3v) is 4.39. The van der Waals surface area contributed by atoms with Gasteiger partial charge in [0.05, 0.1) is 0 Å². The Hall–Kier alpha value is -2.82. The maximum Gasteiger partial charge on any atom is 0.149 e. The highest BCUT2D eigenvalue weighted by Crippen LogP contribution is 2.28. The second-order valence-corrected chi connectivity index (χ2v) is 6.19. The molecule has 0 fully saturated rings. The third-order valence-electron chi connectivity index (χ3n) is 4.39. The van der Waals surface area contributed by atoms with Crippen molar-refractivity contribution in [2.24, 2.45) is 0 Å². The molecule has 0 heterocycles. The molecule has 0 saturated carbocycles. The topological polar surface area (TPSA) is 12.0 Å². The van der Waals surface area contributed by atoms with Gasteiger partial charge in [0.1, 0.15) is 29.0 Å². The van der Waals surface area contributed by atoms with E-state index >= 15 is 0 Å². The van der Waals surface area contributed by atoms with Gasteiger partial charge < -0.3 is 5.32 Å². The molecule has 0 radical (unpaired) electrons. The zero-order valence-electron chi connectivity index (χ0n) is 14.3. The Morgan fingerprint density at radius 1 is 0.769 bits per heavy atom. The molecule has 0 aliphatic rings. The highest BCUT2D eigenvalue weighted by atomic mass is 19.1. The number of benzene rings is 3. The van der Waals surface area contributed by atoms with Crippen LogP contribution < -0.4 is 5.32 Å². The summed E-state index contributed by atoms with van der Waals surface area (Å²) in [6, 6.07) is 10.6. The van der Waals surface area contributed by atoms with E-state index in [1.165, 1.54) is 30.3 Å². The van der Waals surface area contributed by atoms with Crippen LogP contribution in [0.4, 0.5) is 23.2 Å². The van der Waals surface area contributed by atoms with Crippen LogP contribution in [0.2, 0.25) is 0 Å². The summed E-state index contributed by atoms with van der Waals surface area (Å²) in [5.41, 5.74) is 3.48. The van der Waals surface area contributed by atoms with Gasteiger partial charge in [-0.15, -0.1) is 0 Å². The van der Waals surface area contributed by atoms with E-state index in [4.69, 9.17) is 0 Å². The van der Waals surface area contributed by atoms with Gasteiger partial charge >= 0.3 is 0 Å². The molecule has 0 aromatic heterocycles. The first-order valence-corrected chi connectivity index (χ1v) is 8.09. The minimum atomic E-state index is -0.678. The predicted molar refractivity (Wildman–Crippen MR) is 95.0 cm³/mol. The van der Waals surface area contributed by atoms with E-state index in [9.17, 15) is 17.6 Å². The molecule has 3 rings (SSSR count). The van der Waals surface area contributed by atoms with Crippen molar-refractivity contribution in [1.82, 2.24) is 0 Å². The van der Waals surface area contributed by atoms with Gasteiger partial charge in [0.2, 0.25) is 0 Å². The maximum absolute atomic E-state index is 13.8. The van der Waals surface area contributed by atoms with Gasteiger partial charge in [-0.25, -0.2) is 17.6 Å². The smallest absolute Gasteiger partial charge is 0.149 e. The summed E-state index contributed by atoms with van der Waals surface area (Å²) in [5, 5.41) is 2.77. The van der Waals surface area contributed by atoms with Crippen LogP contribution >= 0.6 is 0 Å². The molecule has 134 valence electrons. The van der Waals surface area contributed by atoms with Crippen LogP contribution in [0.1, 0.15) is 16.7 Å². The summed E-state index contributed by atoms with van der Waals surface area (Å²) in [6.07, 6.45) is 0. The first-order valence-electron chi connectivity index (χ1n) is 8.09. The second kappa shape index (κ2) is 7.20. The molecule has 0 saturated heterocycles. The SMILES string of the molecule is Cc1cc(-c2cc(F)cc(F)c2)cc(CNc2c(F)cccc2F)c1C. The van der Waals surface area contributed by atoms with E-state index in [1.54, 1.807) is 6.07 Å². The highest BCUT2D eigenvalue weighted by molar-refractivity contribution is 5.66. The first-order chi connectivity index (χ1) is 12.3. The molecule has 0 aliphatic carbocycles. The van der Waals surface area contributed by atoms with Crippen molar-refractivity contribution in [3.8, 4) is 11.1 Å². The van der Waals surface area contributed by atoms with Gasteiger partial charge in [0.25, 0.3) is 0 Å². The Morgan fingerprint density at radius 3 is 1.96 bits per heavy atom. The largest absolute Gasteiger partial charge is 0.376 e. The molecule has 26 heavy (non-hydrogen) atoms. The quantitative estimate of drug-likeness (QED) is 0.552. The zero-order chi connectivity index (χ0) is 18.8. The van der Waals surface area contributed by atoms with Gasteiger partial charge in [0, 0.05) is 12.6 Å². The van der Waals surface area contributed by atoms with Crippen LogP contribution in [0.25, 0.3) is 11.1 Å². The Morgan fingerprint density at radius 2 is 1.35 bits per heavy atom. The van der Waals surface area contributed by atoms with Gasteiger partial charge in [-0.2, -0.15) is 0 Å². The summed E-state index contributed by atoms with van der Waals surface area (Å²) in [6.45, 7) is 3.94. The average Bonchev–Trinajstić information content (AvgIpc) is 2.57. The van der Waals surface area contributed by atoms with Gasteiger partial charge in [0.15, 0.2) is 0 Å². The number of para-hydroxylation sites is 1. The van der Waals surface area contributed by atoms with Gasteiger partial charge in [-0.1, -0.05) is 12.1 Å². The highest BCUT2D eigenvalue weighted by Gasteiger charge is 2.11. The monoisotopic (exact) mass is 359 g/mol. The summed E-state index contributed by atoms with van der Waals surface area (Å²) in [7, 11) is 0. The molecule has 0 unspecified atom stereocenters. The summed E-state index contributed by atoms with van der Waals surface area (Å²) < 4.78 is 54.6. The standard InChI is InChI=1S/C21H17F4N/c1-12-6-14(15-8-17(22)10-18(23)9-15)7-16(13(12)2)11-26-21-19(24)4-3-5-20(21)25/h3-10,26H,11H2,1-2H3. The van der Waals surface area contributed by atoms with Crippen molar-refractivity contribution in [3.05, 3.63) is 88.5 Å². The molecule has 0 amide bonds. The lowest BCUT2D eigenvalue weighted by Gasteiger charge is -2.15. The zero-order valence-corrected chi connectivity index (χ0v) is 14.3. The molecular formula is C21H17F4N. The number of nitrogens with one attached hydrogen (secondary N) is 1. The van der Waals surface area contributed by atoms with Crippen molar-refractivity contribution in [2.75, 3.05) is 5.32 Å². The molecular weight excluding hydrogens is 342 g/mol. The van der Waals surface area contributed by atoms with E-state index in [2.05, 4.69) is 5.32 Å². The number of aryl methyl sites for hydroxylation is 1. The number of rotatable bonds is 4. The van der Waals surface area contributed by atoms with Gasteiger partial charge in [-0.05, 0) is 72.0 Å². The average molecular weight is 359 g/mol. The molecule has 0 bridgehead atoms. The maximum atomic E-state index is 13.8. The minimum absolute atomic E-state index is 0.177. The Kier molecular flexibility index (Phi) is 4.98. The Bertz CT molecular complexity index is 926. The van der Waals surface area contributed by atoms with Gasteiger partial charge in [-0.3, -0.25) is 0 Å². The van der Waals surface area contributed by atoms with Crippen molar-refractivity contribution < 1.29 is 17.6 Å². The van der Waals surface area contributed by atoms with Crippen LogP contribution in [0, 0.1) is 37.1 Å². The summed E-state index contributed by atoms with van der Waals surface area (Å²) >= 11 is 0. The fraction of sp³-hybridized carbons (Fsp3) is 0.143. The van der Waals surface area contributed by atoms with Crippen molar-refractivity contribution >= 4 is 5.69 Å². The number of hydrogen-bond donors (Lipinski definition) is 1. The van der Waals surface area contributed by atoms with Crippen LogP contribution in [0.15, 0.2) is 48.5 Å². The van der Waals surface area contributed by atoms with E-state index in [0.717, 1.165) is 22.8 Å². The molecule has 3 aromatic rings. The van der Waals surface area contributed by atoms with Crippen molar-refractivity contribution in [2.45, 2.75) is 20.4 Å². The first kappa shape index (κ1) is 18.0. The van der Waals surface area contributed by atoms with E-state index in [-0.39, 0.29) is 12.2 Å². The second-order valence-electron chi connectivity index (χ2n) is 6.19. The van der Waals surface area contributed by atoms with E-state index in [1.807, 2.05) is 19.9 Å². The van der Waals surface area contributed by atoms with Crippen LogP contribution in [-0.2, 0) is 6.54 Å². The van der Waals surface area contributed by atoms with Crippen molar-refractivity contribution in [1.29, 1.82) is 0 Å². The van der Waals surface area contributed by atoms with E-state index < -0.39 is 23.3 Å². The van der Waals surface area contributed by atoms with Crippen LogP contribution in [0.3, 0.4) is 0 Å². The Balaban J connectivity index is 1.96. The lowest BCUT2D eigenvalue weighted by molar-refractivity contribution is 0.584. The van der Waals surface area contributed by atoms with E-state index in [0.29, 0.717) is 11.1 Å². The fourth-order valence-corrected chi connectivity index (χ4v) is 2.85. The molecule has 1 nitrogen and oxygen atoms in total. The normalized spacial score (nSPS) is 10.8. The minimum Gasteiger partial charge on any atom is -0.376 e. The van der Waals surface area contributed by atoms with Crippen molar-refractivity contribution in [3.63, 3.8) is 0 Å². The van der Waals surface area contributed by atoms with Crippen LogP contribution in [0.5, 0.6) is 0 Å². The summed E-state index contributed by atoms with van der Waals surface area (Å²) in [4.78, 5) is 0. The molecule has 1 N–H and O–H groups in total. The molecule has 0 atom stereocenters. The lowest BCUT2D eigenvalue weighted by atomic mass is 9.95. The molecule has 5 heteroatoms. The Labute approximate surface area is 149 Å². The molecule has 0 aliphatic heterocycles. The molecule has 3 aromatic carbocycles. The molecule has 0 spiro atoms. The number of halogens is 4. The lowest BCUT2D eigenvalue weighted by Crippen LogP contribution is -2.06. The summed E-state index contributed by atoms with van der Waals surface area (Å²) in [5.74, 6) is -2.68. The van der Waals surface area contributed by atoms with Crippen LogP contribution in [-0.4, -0.2) is 0 Å². The predicted octanol–water partition coefficient (Wildman–Crippen LogP) is 6.14. The number of hydrogen-bond acceptors (Lipinski definition) is 1. The third kappa shape index (κ3) is 3.72.